The van der Waals surface area contributed by atoms with Gasteiger partial charge in [0.1, 0.15) is 5.82 Å². The van der Waals surface area contributed by atoms with Crippen LogP contribution in [0.3, 0.4) is 0 Å². The molecule has 168 valence electrons. The van der Waals surface area contributed by atoms with Crippen molar-refractivity contribution in [2.75, 3.05) is 11.1 Å². The van der Waals surface area contributed by atoms with Gasteiger partial charge in [0.25, 0.3) is 5.91 Å². The molecule has 0 fully saturated rings. The van der Waals surface area contributed by atoms with E-state index < -0.39 is 5.82 Å². The molecule has 0 bridgehead atoms. The van der Waals surface area contributed by atoms with Crippen molar-refractivity contribution in [2.24, 2.45) is 0 Å². The van der Waals surface area contributed by atoms with Gasteiger partial charge in [-0.2, -0.15) is 0 Å². The van der Waals surface area contributed by atoms with E-state index in [4.69, 9.17) is 34.8 Å². The van der Waals surface area contributed by atoms with Crippen molar-refractivity contribution in [2.45, 2.75) is 25.2 Å². The summed E-state index contributed by atoms with van der Waals surface area (Å²) in [4.78, 5) is 24.6. The van der Waals surface area contributed by atoms with E-state index in [1.807, 2.05) is 6.92 Å². The lowest BCUT2D eigenvalue weighted by Gasteiger charge is -2.09. The Morgan fingerprint density at radius 3 is 2.53 bits per heavy atom. The van der Waals surface area contributed by atoms with E-state index in [0.29, 0.717) is 33.8 Å². The van der Waals surface area contributed by atoms with E-state index in [2.05, 4.69) is 20.8 Å². The third-order valence-electron chi connectivity index (χ3n) is 4.23. The van der Waals surface area contributed by atoms with Crippen molar-refractivity contribution in [1.29, 1.82) is 0 Å². The lowest BCUT2D eigenvalue weighted by Crippen LogP contribution is -2.24. The number of hydrogen-bond acceptors (Lipinski definition) is 5. The van der Waals surface area contributed by atoms with Crippen LogP contribution in [0.1, 0.15) is 23.1 Å². The summed E-state index contributed by atoms with van der Waals surface area (Å²) in [7, 11) is 0. The maximum Gasteiger partial charge on any atom is 0.251 e. The van der Waals surface area contributed by atoms with Crippen LogP contribution < -0.4 is 10.6 Å². The van der Waals surface area contributed by atoms with Crippen LogP contribution in [0.15, 0.2) is 41.6 Å². The molecule has 2 amide bonds. The number of amides is 2. The van der Waals surface area contributed by atoms with E-state index in [0.717, 1.165) is 0 Å². The van der Waals surface area contributed by atoms with Gasteiger partial charge in [-0.05, 0) is 43.3 Å². The van der Waals surface area contributed by atoms with Gasteiger partial charge in [-0.25, -0.2) is 4.39 Å². The summed E-state index contributed by atoms with van der Waals surface area (Å²) in [6.45, 7) is 2.58. The van der Waals surface area contributed by atoms with Crippen molar-refractivity contribution >= 4 is 64.1 Å². The van der Waals surface area contributed by atoms with Gasteiger partial charge in [-0.3, -0.25) is 9.59 Å². The first kappa shape index (κ1) is 24.3. The van der Waals surface area contributed by atoms with Crippen LogP contribution >= 0.6 is 46.6 Å². The molecule has 1 aromatic heterocycles. The molecule has 0 aliphatic rings. The highest BCUT2D eigenvalue weighted by atomic mass is 35.5. The number of nitrogens with zero attached hydrogens (tertiary/aromatic N) is 3. The number of carbonyl (C=O) groups excluding carboxylic acids is 2. The summed E-state index contributed by atoms with van der Waals surface area (Å²) >= 11 is 18.7. The van der Waals surface area contributed by atoms with E-state index >= 15 is 0 Å². The Morgan fingerprint density at radius 2 is 1.84 bits per heavy atom. The first-order chi connectivity index (χ1) is 15.3. The maximum atomic E-state index is 13.2. The molecule has 7 nitrogen and oxygen atoms in total. The summed E-state index contributed by atoms with van der Waals surface area (Å²) in [5.74, 6) is -0.607. The van der Waals surface area contributed by atoms with Crippen LogP contribution in [-0.4, -0.2) is 32.3 Å². The largest absolute Gasteiger partial charge is 0.345 e. The minimum absolute atomic E-state index is 0.0583. The van der Waals surface area contributed by atoms with Crippen molar-refractivity contribution < 1.29 is 14.0 Å². The van der Waals surface area contributed by atoms with Gasteiger partial charge in [0.2, 0.25) is 5.91 Å². The Bertz CT molecular complexity index is 1160. The van der Waals surface area contributed by atoms with Crippen LogP contribution in [-0.2, 0) is 17.9 Å². The molecule has 2 N–H and O–H groups in total. The standard InChI is InChI=1S/C20H17Cl3FN5O2S/c1-2-29-17(9-25-19(31)11-3-5-13(21)14(22)7-11)27-28-20(29)32-10-18(30)26-12-4-6-16(24)15(23)8-12/h3-8H,2,9-10H2,1H3,(H,25,31)(H,26,30). The van der Waals surface area contributed by atoms with Crippen LogP contribution in [0.4, 0.5) is 10.1 Å². The number of halogens is 4. The molecular weight excluding hydrogens is 500 g/mol. The number of carbonyl (C=O) groups is 2. The van der Waals surface area contributed by atoms with E-state index in [-0.39, 0.29) is 34.2 Å². The topological polar surface area (TPSA) is 88.9 Å². The molecule has 0 atom stereocenters. The number of aromatic nitrogens is 3. The average Bonchev–Trinajstić information content (AvgIpc) is 3.16. The predicted molar refractivity (Wildman–Crippen MR) is 124 cm³/mol. The van der Waals surface area contributed by atoms with Crippen LogP contribution in [0.25, 0.3) is 0 Å². The van der Waals surface area contributed by atoms with Crippen molar-refractivity contribution in [3.05, 3.63) is 68.7 Å². The fourth-order valence-electron chi connectivity index (χ4n) is 2.67. The molecule has 0 saturated carbocycles. The SMILES string of the molecule is CCn1c(CNC(=O)c2ccc(Cl)c(Cl)c2)nnc1SCC(=O)Nc1ccc(F)c(Cl)c1. The molecular formula is C20H17Cl3FN5O2S. The third kappa shape index (κ3) is 6.13. The first-order valence-electron chi connectivity index (χ1n) is 9.31. The fourth-order valence-corrected chi connectivity index (χ4v) is 3.97. The number of rotatable bonds is 8. The molecule has 1 heterocycles. The minimum Gasteiger partial charge on any atom is -0.345 e. The number of benzene rings is 2. The first-order valence-corrected chi connectivity index (χ1v) is 11.4. The van der Waals surface area contributed by atoms with Gasteiger partial charge < -0.3 is 15.2 Å². The molecule has 2 aromatic carbocycles. The minimum atomic E-state index is -0.561. The highest BCUT2D eigenvalue weighted by Crippen LogP contribution is 2.23. The summed E-state index contributed by atoms with van der Waals surface area (Å²) in [6.07, 6.45) is 0. The average molecular weight is 517 g/mol. The molecule has 12 heteroatoms. The molecule has 3 rings (SSSR count). The van der Waals surface area contributed by atoms with Crippen LogP contribution in [0.2, 0.25) is 15.1 Å². The van der Waals surface area contributed by atoms with Crippen LogP contribution in [0, 0.1) is 5.82 Å². The zero-order valence-corrected chi connectivity index (χ0v) is 19.7. The number of thioether (sulfide) groups is 1. The molecule has 3 aromatic rings. The monoisotopic (exact) mass is 515 g/mol. The number of nitrogens with one attached hydrogen (secondary N) is 2. The second-order valence-electron chi connectivity index (χ2n) is 6.42. The highest BCUT2D eigenvalue weighted by molar-refractivity contribution is 7.99. The smallest absolute Gasteiger partial charge is 0.251 e. The van der Waals surface area contributed by atoms with E-state index in [1.165, 1.54) is 36.0 Å². The Kier molecular flexibility index (Phi) is 8.36. The van der Waals surface area contributed by atoms with Crippen molar-refractivity contribution in [3.8, 4) is 0 Å². The van der Waals surface area contributed by atoms with E-state index in [1.54, 1.807) is 16.7 Å². The summed E-state index contributed by atoms with van der Waals surface area (Å²) in [6, 6.07) is 8.54. The molecule has 0 aliphatic carbocycles. The Hall–Kier alpha value is -2.33. The van der Waals surface area contributed by atoms with Crippen molar-refractivity contribution in [3.63, 3.8) is 0 Å². The Balaban J connectivity index is 1.57. The summed E-state index contributed by atoms with van der Waals surface area (Å²) in [5.41, 5.74) is 0.763. The zero-order valence-electron chi connectivity index (χ0n) is 16.7. The van der Waals surface area contributed by atoms with Crippen LogP contribution in [0.5, 0.6) is 0 Å². The quantitative estimate of drug-likeness (QED) is 0.409. The van der Waals surface area contributed by atoms with Gasteiger partial charge in [0.05, 0.1) is 27.4 Å². The van der Waals surface area contributed by atoms with Gasteiger partial charge in [-0.1, -0.05) is 46.6 Å². The molecule has 0 radical (unpaired) electrons. The van der Waals surface area contributed by atoms with Gasteiger partial charge in [-0.15, -0.1) is 10.2 Å². The molecule has 0 aliphatic heterocycles. The molecule has 0 unspecified atom stereocenters. The lowest BCUT2D eigenvalue weighted by atomic mass is 10.2. The predicted octanol–water partition coefficient (Wildman–Crippen LogP) is 5.06. The fraction of sp³-hybridized carbons (Fsp3) is 0.200. The van der Waals surface area contributed by atoms with E-state index in [9.17, 15) is 14.0 Å². The summed E-state index contributed by atoms with van der Waals surface area (Å²) in [5, 5.41) is 14.7. The number of anilines is 1. The lowest BCUT2D eigenvalue weighted by molar-refractivity contribution is -0.113. The highest BCUT2D eigenvalue weighted by Gasteiger charge is 2.15. The number of hydrogen-bond donors (Lipinski definition) is 2. The molecule has 0 spiro atoms. The molecule has 0 saturated heterocycles. The molecule has 32 heavy (non-hydrogen) atoms. The second kappa shape index (κ2) is 11.0. The van der Waals surface area contributed by atoms with Crippen molar-refractivity contribution in [1.82, 2.24) is 20.1 Å². The van der Waals surface area contributed by atoms with Gasteiger partial charge in [0, 0.05) is 17.8 Å². The zero-order chi connectivity index (χ0) is 23.3. The summed E-state index contributed by atoms with van der Waals surface area (Å²) < 4.78 is 15.0. The normalized spacial score (nSPS) is 10.8. The maximum absolute atomic E-state index is 13.2. The van der Waals surface area contributed by atoms with Gasteiger partial charge >= 0.3 is 0 Å². The third-order valence-corrected chi connectivity index (χ3v) is 6.23. The Morgan fingerprint density at radius 1 is 1.06 bits per heavy atom. The van der Waals surface area contributed by atoms with Gasteiger partial charge in [0.15, 0.2) is 11.0 Å². The Labute approximate surface area is 202 Å². The second-order valence-corrected chi connectivity index (χ2v) is 8.58.